The van der Waals surface area contributed by atoms with E-state index in [4.69, 9.17) is 16.3 Å². The lowest BCUT2D eigenvalue weighted by atomic mass is 9.84. The summed E-state index contributed by atoms with van der Waals surface area (Å²) in [7, 11) is 0. The van der Waals surface area contributed by atoms with Crippen LogP contribution in [0.25, 0.3) is 0 Å². The Labute approximate surface area is 134 Å². The van der Waals surface area contributed by atoms with Gasteiger partial charge in [0.25, 0.3) is 0 Å². The largest absolute Gasteiger partial charge is 0.492 e. The van der Waals surface area contributed by atoms with Crippen LogP contribution in [0.4, 0.5) is 0 Å². The molecule has 1 fully saturated rings. The Morgan fingerprint density at radius 3 is 2.76 bits per heavy atom. The third-order valence-electron chi connectivity index (χ3n) is 4.48. The molecule has 1 atom stereocenters. The van der Waals surface area contributed by atoms with Crippen molar-refractivity contribution in [1.82, 2.24) is 5.32 Å². The van der Waals surface area contributed by atoms with E-state index in [-0.39, 0.29) is 0 Å². The minimum absolute atomic E-state index is 0.552. The molecule has 0 heterocycles. The second kappa shape index (κ2) is 8.65. The molecule has 21 heavy (non-hydrogen) atoms. The molecule has 0 bridgehead atoms. The Balaban J connectivity index is 1.94. The Morgan fingerprint density at radius 2 is 2.05 bits per heavy atom. The van der Waals surface area contributed by atoms with Gasteiger partial charge in [0.2, 0.25) is 0 Å². The third kappa shape index (κ3) is 5.19. The highest BCUT2D eigenvalue weighted by molar-refractivity contribution is 6.30. The molecule has 1 saturated carbocycles. The van der Waals surface area contributed by atoms with E-state index in [9.17, 15) is 0 Å². The first-order valence-corrected chi connectivity index (χ1v) is 8.74. The van der Waals surface area contributed by atoms with E-state index >= 15 is 0 Å². The van der Waals surface area contributed by atoms with E-state index in [1.165, 1.54) is 37.7 Å². The van der Waals surface area contributed by atoms with Crippen molar-refractivity contribution in [2.24, 2.45) is 0 Å². The Kier molecular flexibility index (Phi) is 6.85. The molecule has 1 aliphatic carbocycles. The lowest BCUT2D eigenvalue weighted by Crippen LogP contribution is -2.29. The summed E-state index contributed by atoms with van der Waals surface area (Å²) in [5, 5.41) is 4.28. The van der Waals surface area contributed by atoms with E-state index in [1.807, 2.05) is 12.1 Å². The standard InChI is InChI=1S/C18H28ClNO/c1-3-14(2)20-11-12-21-18-10-9-16(19)13-17(18)15-7-5-4-6-8-15/h9-10,13-15,20H,3-8,11-12H2,1-2H3. The fourth-order valence-electron chi connectivity index (χ4n) is 2.99. The molecule has 2 nitrogen and oxygen atoms in total. The van der Waals surface area contributed by atoms with E-state index in [1.54, 1.807) is 0 Å². The van der Waals surface area contributed by atoms with E-state index in [0.29, 0.717) is 18.6 Å². The molecular formula is C18H28ClNO. The average molecular weight is 310 g/mol. The van der Waals surface area contributed by atoms with Crippen molar-refractivity contribution < 1.29 is 4.74 Å². The van der Waals surface area contributed by atoms with Crippen molar-refractivity contribution in [2.75, 3.05) is 13.2 Å². The number of rotatable bonds is 7. The molecule has 0 aliphatic heterocycles. The Morgan fingerprint density at radius 1 is 1.29 bits per heavy atom. The van der Waals surface area contributed by atoms with Crippen molar-refractivity contribution >= 4 is 11.6 Å². The summed E-state index contributed by atoms with van der Waals surface area (Å²) in [6.45, 7) is 6.00. The van der Waals surface area contributed by atoms with Crippen molar-refractivity contribution in [3.8, 4) is 5.75 Å². The van der Waals surface area contributed by atoms with Gasteiger partial charge in [0.1, 0.15) is 12.4 Å². The SMILES string of the molecule is CCC(C)NCCOc1ccc(Cl)cc1C1CCCCC1. The van der Waals surface area contributed by atoms with Crippen LogP contribution in [0.15, 0.2) is 18.2 Å². The molecule has 0 spiro atoms. The number of ether oxygens (including phenoxy) is 1. The van der Waals surface area contributed by atoms with E-state index < -0.39 is 0 Å². The fraction of sp³-hybridized carbons (Fsp3) is 0.667. The van der Waals surface area contributed by atoms with Crippen molar-refractivity contribution in [3.63, 3.8) is 0 Å². The number of benzene rings is 1. The molecular weight excluding hydrogens is 282 g/mol. The predicted molar refractivity (Wildman–Crippen MR) is 90.5 cm³/mol. The summed E-state index contributed by atoms with van der Waals surface area (Å²) in [5.74, 6) is 1.65. The molecule has 1 aliphatic rings. The smallest absolute Gasteiger partial charge is 0.122 e. The number of hydrogen-bond donors (Lipinski definition) is 1. The van der Waals surface area contributed by atoms with Gasteiger partial charge in [0, 0.05) is 17.6 Å². The second-order valence-electron chi connectivity index (χ2n) is 6.13. The van der Waals surface area contributed by atoms with Crippen molar-refractivity contribution in [3.05, 3.63) is 28.8 Å². The van der Waals surface area contributed by atoms with Crippen LogP contribution in [0.3, 0.4) is 0 Å². The first kappa shape index (κ1) is 16.6. The van der Waals surface area contributed by atoms with Crippen LogP contribution in [0.2, 0.25) is 5.02 Å². The van der Waals surface area contributed by atoms with Crippen LogP contribution in [-0.2, 0) is 0 Å². The molecule has 0 aromatic heterocycles. The fourth-order valence-corrected chi connectivity index (χ4v) is 3.17. The topological polar surface area (TPSA) is 21.3 Å². The van der Waals surface area contributed by atoms with Gasteiger partial charge in [0.05, 0.1) is 0 Å². The second-order valence-corrected chi connectivity index (χ2v) is 6.57. The van der Waals surface area contributed by atoms with E-state index in [0.717, 1.165) is 23.7 Å². The quantitative estimate of drug-likeness (QED) is 0.703. The monoisotopic (exact) mass is 309 g/mol. The van der Waals surface area contributed by atoms with Gasteiger partial charge in [0.15, 0.2) is 0 Å². The van der Waals surface area contributed by atoms with Gasteiger partial charge >= 0.3 is 0 Å². The molecule has 0 radical (unpaired) electrons. The zero-order chi connectivity index (χ0) is 15.1. The minimum Gasteiger partial charge on any atom is -0.492 e. The summed E-state index contributed by atoms with van der Waals surface area (Å²) in [4.78, 5) is 0. The van der Waals surface area contributed by atoms with Crippen LogP contribution in [0.5, 0.6) is 5.75 Å². The number of hydrogen-bond acceptors (Lipinski definition) is 2. The van der Waals surface area contributed by atoms with Gasteiger partial charge in [-0.15, -0.1) is 0 Å². The van der Waals surface area contributed by atoms with Crippen LogP contribution < -0.4 is 10.1 Å². The molecule has 1 aromatic carbocycles. The van der Waals surface area contributed by atoms with Crippen LogP contribution in [0.1, 0.15) is 63.9 Å². The van der Waals surface area contributed by atoms with Gasteiger partial charge in [-0.3, -0.25) is 0 Å². The Hall–Kier alpha value is -0.730. The molecule has 0 amide bonds. The highest BCUT2D eigenvalue weighted by Crippen LogP contribution is 2.38. The first-order chi connectivity index (χ1) is 10.2. The minimum atomic E-state index is 0.552. The summed E-state index contributed by atoms with van der Waals surface area (Å²) >= 11 is 6.19. The zero-order valence-electron chi connectivity index (χ0n) is 13.3. The van der Waals surface area contributed by atoms with Crippen molar-refractivity contribution in [1.29, 1.82) is 0 Å². The average Bonchev–Trinajstić information content (AvgIpc) is 2.53. The molecule has 118 valence electrons. The van der Waals surface area contributed by atoms with Gasteiger partial charge in [-0.1, -0.05) is 37.8 Å². The molecule has 2 rings (SSSR count). The predicted octanol–water partition coefficient (Wildman–Crippen LogP) is 5.15. The third-order valence-corrected chi connectivity index (χ3v) is 4.72. The summed E-state index contributed by atoms with van der Waals surface area (Å²) < 4.78 is 6.02. The van der Waals surface area contributed by atoms with E-state index in [2.05, 4.69) is 25.2 Å². The van der Waals surface area contributed by atoms with Crippen LogP contribution in [-0.4, -0.2) is 19.2 Å². The van der Waals surface area contributed by atoms with Gasteiger partial charge in [-0.05, 0) is 55.9 Å². The lowest BCUT2D eigenvalue weighted by Gasteiger charge is -2.24. The molecule has 3 heteroatoms. The summed E-state index contributed by atoms with van der Waals surface area (Å²) in [5.41, 5.74) is 1.31. The maximum absolute atomic E-state index is 6.19. The van der Waals surface area contributed by atoms with Crippen molar-refractivity contribution in [2.45, 2.75) is 64.3 Å². The Bertz CT molecular complexity index is 429. The van der Waals surface area contributed by atoms with Crippen LogP contribution >= 0.6 is 11.6 Å². The maximum atomic E-state index is 6.19. The van der Waals surface area contributed by atoms with Gasteiger partial charge in [-0.2, -0.15) is 0 Å². The highest BCUT2D eigenvalue weighted by atomic mass is 35.5. The summed E-state index contributed by atoms with van der Waals surface area (Å²) in [6.07, 6.45) is 7.70. The van der Waals surface area contributed by atoms with Gasteiger partial charge < -0.3 is 10.1 Å². The molecule has 0 saturated heterocycles. The number of halogens is 1. The molecule has 1 unspecified atom stereocenters. The molecule has 1 N–H and O–H groups in total. The van der Waals surface area contributed by atoms with Gasteiger partial charge in [-0.25, -0.2) is 0 Å². The zero-order valence-corrected chi connectivity index (χ0v) is 14.1. The normalized spacial score (nSPS) is 17.7. The maximum Gasteiger partial charge on any atom is 0.122 e. The molecule has 1 aromatic rings. The summed E-state index contributed by atoms with van der Waals surface area (Å²) in [6, 6.07) is 6.63. The number of nitrogens with one attached hydrogen (secondary N) is 1. The lowest BCUT2D eigenvalue weighted by molar-refractivity contribution is 0.298. The van der Waals surface area contributed by atoms with Crippen LogP contribution in [0, 0.1) is 0 Å². The highest BCUT2D eigenvalue weighted by Gasteiger charge is 2.19. The first-order valence-electron chi connectivity index (χ1n) is 8.36.